The van der Waals surface area contributed by atoms with Crippen molar-refractivity contribution < 1.29 is 9.90 Å². The molecule has 0 bridgehead atoms. The van der Waals surface area contributed by atoms with Gasteiger partial charge >= 0.3 is 0 Å². The van der Waals surface area contributed by atoms with E-state index in [4.69, 9.17) is 5.11 Å². The van der Waals surface area contributed by atoms with E-state index in [0.29, 0.717) is 12.4 Å². The SMILES string of the molecule is CC(=O)Nc1cnn(CCO)n1. The Morgan fingerprint density at radius 2 is 2.58 bits per heavy atom. The molecule has 0 spiro atoms. The molecular formula is C6H10N4O2. The van der Waals surface area contributed by atoms with Crippen molar-refractivity contribution in [2.24, 2.45) is 0 Å². The molecule has 1 heterocycles. The molecular weight excluding hydrogens is 160 g/mol. The van der Waals surface area contributed by atoms with Crippen LogP contribution in [0.25, 0.3) is 0 Å². The quantitative estimate of drug-likeness (QED) is 0.624. The van der Waals surface area contributed by atoms with Gasteiger partial charge in [-0.05, 0) is 0 Å². The van der Waals surface area contributed by atoms with E-state index in [0.717, 1.165) is 0 Å². The van der Waals surface area contributed by atoms with Gasteiger partial charge in [-0.2, -0.15) is 9.90 Å². The molecule has 12 heavy (non-hydrogen) atoms. The van der Waals surface area contributed by atoms with Crippen LogP contribution in [0.3, 0.4) is 0 Å². The van der Waals surface area contributed by atoms with Crippen molar-refractivity contribution in [2.75, 3.05) is 11.9 Å². The van der Waals surface area contributed by atoms with Crippen molar-refractivity contribution in [3.05, 3.63) is 6.20 Å². The van der Waals surface area contributed by atoms with Gasteiger partial charge in [-0.25, -0.2) is 0 Å². The van der Waals surface area contributed by atoms with E-state index in [2.05, 4.69) is 15.5 Å². The molecule has 0 unspecified atom stereocenters. The van der Waals surface area contributed by atoms with E-state index in [1.807, 2.05) is 0 Å². The average Bonchev–Trinajstić information content (AvgIpc) is 2.36. The third-order valence-electron chi connectivity index (χ3n) is 1.14. The van der Waals surface area contributed by atoms with E-state index < -0.39 is 0 Å². The Morgan fingerprint density at radius 1 is 1.83 bits per heavy atom. The van der Waals surface area contributed by atoms with Crippen molar-refractivity contribution in [2.45, 2.75) is 13.5 Å². The van der Waals surface area contributed by atoms with Gasteiger partial charge in [0.1, 0.15) is 0 Å². The summed E-state index contributed by atoms with van der Waals surface area (Å²) in [5.41, 5.74) is 0. The molecule has 0 fully saturated rings. The summed E-state index contributed by atoms with van der Waals surface area (Å²) >= 11 is 0. The highest BCUT2D eigenvalue weighted by molar-refractivity contribution is 5.87. The number of carbonyl (C=O) groups excluding carboxylic acids is 1. The minimum absolute atomic E-state index is 0.0197. The average molecular weight is 170 g/mol. The Bertz CT molecular complexity index is 270. The van der Waals surface area contributed by atoms with Crippen LogP contribution in [0.15, 0.2) is 6.20 Å². The molecule has 1 aromatic rings. The molecule has 1 rings (SSSR count). The van der Waals surface area contributed by atoms with Crippen molar-refractivity contribution >= 4 is 11.7 Å². The molecule has 6 nitrogen and oxygen atoms in total. The van der Waals surface area contributed by atoms with Gasteiger partial charge in [0, 0.05) is 6.92 Å². The summed E-state index contributed by atoms with van der Waals surface area (Å²) in [6.07, 6.45) is 1.43. The van der Waals surface area contributed by atoms with Gasteiger partial charge < -0.3 is 10.4 Å². The lowest BCUT2D eigenvalue weighted by Crippen LogP contribution is -2.09. The lowest BCUT2D eigenvalue weighted by molar-refractivity contribution is -0.114. The second-order valence-corrected chi connectivity index (χ2v) is 2.23. The summed E-state index contributed by atoms with van der Waals surface area (Å²) in [4.78, 5) is 11.9. The Morgan fingerprint density at radius 3 is 3.17 bits per heavy atom. The van der Waals surface area contributed by atoms with Crippen molar-refractivity contribution in [1.29, 1.82) is 0 Å². The summed E-state index contributed by atoms with van der Waals surface area (Å²) in [6, 6.07) is 0. The molecule has 0 atom stereocenters. The second-order valence-electron chi connectivity index (χ2n) is 2.23. The maximum absolute atomic E-state index is 10.5. The number of hydrogen-bond acceptors (Lipinski definition) is 4. The zero-order chi connectivity index (χ0) is 8.97. The van der Waals surface area contributed by atoms with E-state index in [1.165, 1.54) is 17.9 Å². The lowest BCUT2D eigenvalue weighted by Gasteiger charge is -1.94. The fourth-order valence-corrected chi connectivity index (χ4v) is 0.732. The third kappa shape index (κ3) is 2.31. The van der Waals surface area contributed by atoms with Crippen LogP contribution in [0.2, 0.25) is 0 Å². The largest absolute Gasteiger partial charge is 0.394 e. The fraction of sp³-hybridized carbons (Fsp3) is 0.500. The zero-order valence-electron chi connectivity index (χ0n) is 6.69. The standard InChI is InChI=1S/C6H10N4O2/c1-5(12)8-6-4-7-10(9-6)2-3-11/h4,11H,2-3H2,1H3,(H,8,9,12). The minimum Gasteiger partial charge on any atom is -0.394 e. The summed E-state index contributed by atoms with van der Waals surface area (Å²) in [7, 11) is 0. The van der Waals surface area contributed by atoms with Crippen LogP contribution < -0.4 is 5.32 Å². The maximum Gasteiger partial charge on any atom is 0.222 e. The molecule has 0 aliphatic carbocycles. The topological polar surface area (TPSA) is 80.0 Å². The van der Waals surface area contributed by atoms with Gasteiger partial charge in [-0.1, -0.05) is 0 Å². The first-order chi connectivity index (χ1) is 5.72. The predicted octanol–water partition coefficient (Wildman–Crippen LogP) is -0.771. The maximum atomic E-state index is 10.5. The number of nitrogens with zero attached hydrogens (tertiary/aromatic N) is 3. The second kappa shape index (κ2) is 3.82. The Labute approximate surface area is 69.2 Å². The minimum atomic E-state index is -0.189. The first kappa shape index (κ1) is 8.66. The fourth-order valence-electron chi connectivity index (χ4n) is 0.732. The highest BCUT2D eigenvalue weighted by Gasteiger charge is 2.00. The van der Waals surface area contributed by atoms with Gasteiger partial charge in [0.05, 0.1) is 19.3 Å². The number of anilines is 1. The third-order valence-corrected chi connectivity index (χ3v) is 1.14. The molecule has 0 saturated heterocycles. The Balaban J connectivity index is 2.58. The summed E-state index contributed by atoms with van der Waals surface area (Å²) in [5, 5.41) is 18.6. The number of carbonyl (C=O) groups is 1. The van der Waals surface area contributed by atoms with Crippen molar-refractivity contribution in [1.82, 2.24) is 15.0 Å². The molecule has 0 aliphatic rings. The molecule has 1 aromatic heterocycles. The lowest BCUT2D eigenvalue weighted by atomic mass is 10.6. The zero-order valence-corrected chi connectivity index (χ0v) is 6.69. The van der Waals surface area contributed by atoms with Gasteiger partial charge in [0.25, 0.3) is 0 Å². The van der Waals surface area contributed by atoms with Crippen molar-refractivity contribution in [3.63, 3.8) is 0 Å². The number of rotatable bonds is 3. The van der Waals surface area contributed by atoms with Crippen molar-refractivity contribution in [3.8, 4) is 0 Å². The summed E-state index contributed by atoms with van der Waals surface area (Å²) in [6.45, 7) is 1.71. The molecule has 0 aromatic carbocycles. The van der Waals surface area contributed by atoms with Crippen LogP contribution in [0.5, 0.6) is 0 Å². The van der Waals surface area contributed by atoms with Gasteiger partial charge in [0.2, 0.25) is 5.91 Å². The van der Waals surface area contributed by atoms with E-state index in [9.17, 15) is 4.79 Å². The van der Waals surface area contributed by atoms with E-state index in [-0.39, 0.29) is 12.5 Å². The first-order valence-electron chi connectivity index (χ1n) is 3.51. The molecule has 0 saturated carbocycles. The monoisotopic (exact) mass is 170 g/mol. The first-order valence-corrected chi connectivity index (χ1v) is 3.51. The molecule has 0 radical (unpaired) electrons. The number of nitrogens with one attached hydrogen (secondary N) is 1. The van der Waals surface area contributed by atoms with E-state index >= 15 is 0 Å². The number of hydrogen-bond donors (Lipinski definition) is 2. The predicted molar refractivity (Wildman–Crippen MR) is 41.4 cm³/mol. The smallest absolute Gasteiger partial charge is 0.222 e. The van der Waals surface area contributed by atoms with Gasteiger partial charge in [-0.15, -0.1) is 5.10 Å². The number of aliphatic hydroxyl groups excluding tert-OH is 1. The van der Waals surface area contributed by atoms with Crippen LogP contribution in [0.4, 0.5) is 5.82 Å². The Kier molecular flexibility index (Phi) is 2.76. The van der Waals surface area contributed by atoms with Crippen LogP contribution in [0.1, 0.15) is 6.92 Å². The molecule has 2 N–H and O–H groups in total. The van der Waals surface area contributed by atoms with Crippen LogP contribution in [0, 0.1) is 0 Å². The Hall–Kier alpha value is -1.43. The number of aromatic nitrogens is 3. The van der Waals surface area contributed by atoms with Gasteiger partial charge in [-0.3, -0.25) is 4.79 Å². The molecule has 1 amide bonds. The highest BCUT2D eigenvalue weighted by Crippen LogP contribution is 1.97. The number of amides is 1. The summed E-state index contributed by atoms with van der Waals surface area (Å²) < 4.78 is 0. The molecule has 66 valence electrons. The summed E-state index contributed by atoms with van der Waals surface area (Å²) in [5.74, 6) is 0.210. The van der Waals surface area contributed by atoms with Gasteiger partial charge in [0.15, 0.2) is 5.82 Å². The number of aliphatic hydroxyl groups is 1. The molecule has 6 heteroatoms. The van der Waals surface area contributed by atoms with Crippen LogP contribution in [-0.2, 0) is 11.3 Å². The van der Waals surface area contributed by atoms with Crippen LogP contribution in [-0.4, -0.2) is 32.6 Å². The highest BCUT2D eigenvalue weighted by atomic mass is 16.3. The van der Waals surface area contributed by atoms with Crippen LogP contribution >= 0.6 is 0 Å². The normalized spacial score (nSPS) is 9.83. The van der Waals surface area contributed by atoms with E-state index in [1.54, 1.807) is 0 Å². The molecule has 0 aliphatic heterocycles.